The van der Waals surface area contributed by atoms with Crippen molar-refractivity contribution in [2.75, 3.05) is 7.11 Å². The molecule has 0 amide bonds. The fourth-order valence-corrected chi connectivity index (χ4v) is 1.37. The molecule has 0 heterocycles. The van der Waals surface area contributed by atoms with Crippen molar-refractivity contribution < 1.29 is 18.3 Å². The predicted molar refractivity (Wildman–Crippen MR) is 61.0 cm³/mol. The zero-order valence-corrected chi connectivity index (χ0v) is 10.2. The molecule has 0 aliphatic heterocycles. The van der Waals surface area contributed by atoms with Crippen molar-refractivity contribution in [3.63, 3.8) is 0 Å². The van der Waals surface area contributed by atoms with Gasteiger partial charge in [0.2, 0.25) is 0 Å². The number of methoxy groups -OCH3 is 1. The van der Waals surface area contributed by atoms with Crippen molar-refractivity contribution in [1.29, 1.82) is 0 Å². The predicted octanol–water partition coefficient (Wildman–Crippen LogP) is 3.35. The number of hydrogen-bond donors (Lipinski definition) is 0. The topological polar surface area (TPSA) is 26.3 Å². The van der Waals surface area contributed by atoms with Crippen LogP contribution < -0.4 is 0 Å². The average Bonchev–Trinajstić information content (AvgIpc) is 2.30. The number of hydrogen-bond acceptors (Lipinski definition) is 2. The number of Topliss-reactive ketones (excluding diaryl/α,β-unsaturated/α-hetero) is 1. The minimum absolute atomic E-state index is 0.126. The Morgan fingerprint density at radius 3 is 2.59 bits per heavy atom. The monoisotopic (exact) mass is 242 g/mol. The van der Waals surface area contributed by atoms with Crippen LogP contribution in [0.3, 0.4) is 0 Å². The minimum Gasteiger partial charge on any atom is -0.379 e. The highest BCUT2D eigenvalue weighted by Crippen LogP contribution is 2.19. The van der Waals surface area contributed by atoms with Crippen LogP contribution in [0, 0.1) is 11.6 Å². The Balaban J connectivity index is 2.74. The highest BCUT2D eigenvalue weighted by molar-refractivity contribution is 5.96. The molecule has 0 fully saturated rings. The first-order valence-corrected chi connectivity index (χ1v) is 5.40. The summed E-state index contributed by atoms with van der Waals surface area (Å²) < 4.78 is 31.4. The van der Waals surface area contributed by atoms with Crippen LogP contribution in [0.15, 0.2) is 18.2 Å². The van der Waals surface area contributed by atoms with Crippen LogP contribution in [0.4, 0.5) is 8.78 Å². The molecule has 4 heteroatoms. The maximum Gasteiger partial charge on any atom is 0.169 e. The Hall–Kier alpha value is -1.29. The van der Waals surface area contributed by atoms with Crippen LogP contribution in [-0.2, 0) is 4.74 Å². The van der Waals surface area contributed by atoms with Gasteiger partial charge < -0.3 is 4.74 Å². The van der Waals surface area contributed by atoms with E-state index < -0.39 is 23.0 Å². The summed E-state index contributed by atoms with van der Waals surface area (Å²) in [5.41, 5.74) is -0.642. The smallest absolute Gasteiger partial charge is 0.169 e. The van der Waals surface area contributed by atoms with Gasteiger partial charge in [-0.05, 0) is 32.4 Å². The molecule has 0 saturated heterocycles. The molecule has 0 atom stereocenters. The Morgan fingerprint density at radius 2 is 2.00 bits per heavy atom. The first kappa shape index (κ1) is 13.8. The van der Waals surface area contributed by atoms with Gasteiger partial charge in [0.25, 0.3) is 0 Å². The van der Waals surface area contributed by atoms with Gasteiger partial charge in [0, 0.05) is 13.5 Å². The molecule has 1 aromatic rings. The number of ether oxygens (including phenoxy) is 1. The van der Waals surface area contributed by atoms with Crippen molar-refractivity contribution in [2.24, 2.45) is 0 Å². The largest absolute Gasteiger partial charge is 0.379 e. The number of ketones is 1. The maximum absolute atomic E-state index is 13.3. The van der Waals surface area contributed by atoms with Crippen molar-refractivity contribution >= 4 is 5.78 Å². The fourth-order valence-electron chi connectivity index (χ4n) is 1.37. The van der Waals surface area contributed by atoms with Gasteiger partial charge >= 0.3 is 0 Å². The number of benzene rings is 1. The van der Waals surface area contributed by atoms with E-state index in [0.29, 0.717) is 6.42 Å². The molecule has 0 aliphatic carbocycles. The summed E-state index contributed by atoms with van der Waals surface area (Å²) in [5.74, 6) is -2.48. The third-order valence-electron chi connectivity index (χ3n) is 2.76. The number of carbonyl (C=O) groups excluding carboxylic acids is 1. The molecule has 17 heavy (non-hydrogen) atoms. The van der Waals surface area contributed by atoms with Crippen LogP contribution in [0.2, 0.25) is 0 Å². The van der Waals surface area contributed by atoms with Gasteiger partial charge in [-0.2, -0.15) is 0 Å². The molecule has 0 bridgehead atoms. The van der Waals surface area contributed by atoms with Crippen molar-refractivity contribution in [2.45, 2.75) is 32.3 Å². The summed E-state index contributed by atoms with van der Waals surface area (Å²) in [6, 6.07) is 3.61. The standard InChI is InChI=1S/C13H16F2O2/c1-13(2,17-3)8-7-11(16)9-5-4-6-10(14)12(9)15/h4-6H,7-8H2,1-3H3. The van der Waals surface area contributed by atoms with Crippen molar-refractivity contribution in [3.8, 4) is 0 Å². The molecule has 0 aliphatic rings. The lowest BCUT2D eigenvalue weighted by Gasteiger charge is -2.22. The Morgan fingerprint density at radius 1 is 1.35 bits per heavy atom. The first-order chi connectivity index (χ1) is 7.87. The third kappa shape index (κ3) is 3.60. The maximum atomic E-state index is 13.3. The first-order valence-electron chi connectivity index (χ1n) is 5.40. The minimum atomic E-state index is -1.08. The average molecular weight is 242 g/mol. The zero-order valence-electron chi connectivity index (χ0n) is 10.2. The van der Waals surface area contributed by atoms with Gasteiger partial charge in [-0.25, -0.2) is 8.78 Å². The highest BCUT2D eigenvalue weighted by atomic mass is 19.2. The lowest BCUT2D eigenvalue weighted by molar-refractivity contribution is 0.0141. The van der Waals surface area contributed by atoms with E-state index in [1.165, 1.54) is 12.1 Å². The lowest BCUT2D eigenvalue weighted by atomic mass is 9.97. The van der Waals surface area contributed by atoms with E-state index in [1.54, 1.807) is 7.11 Å². The van der Waals surface area contributed by atoms with E-state index in [1.807, 2.05) is 13.8 Å². The summed E-state index contributed by atoms with van der Waals surface area (Å²) in [6.07, 6.45) is 0.583. The molecule has 0 aromatic heterocycles. The van der Waals surface area contributed by atoms with E-state index in [2.05, 4.69) is 0 Å². The van der Waals surface area contributed by atoms with Gasteiger partial charge in [0.1, 0.15) is 0 Å². The lowest BCUT2D eigenvalue weighted by Crippen LogP contribution is -2.23. The molecular formula is C13H16F2O2. The molecule has 0 saturated carbocycles. The zero-order chi connectivity index (χ0) is 13.1. The van der Waals surface area contributed by atoms with Gasteiger partial charge in [-0.1, -0.05) is 6.07 Å². The molecule has 0 unspecified atom stereocenters. The number of halogens is 2. The van der Waals surface area contributed by atoms with Gasteiger partial charge in [-0.15, -0.1) is 0 Å². The molecule has 2 nitrogen and oxygen atoms in total. The second-order valence-corrected chi connectivity index (χ2v) is 4.49. The fraction of sp³-hybridized carbons (Fsp3) is 0.462. The second kappa shape index (κ2) is 5.36. The molecule has 0 radical (unpaired) electrons. The second-order valence-electron chi connectivity index (χ2n) is 4.49. The SMILES string of the molecule is COC(C)(C)CCC(=O)c1cccc(F)c1F. The summed E-state index contributed by atoms with van der Waals surface area (Å²) in [4.78, 5) is 11.7. The van der Waals surface area contributed by atoms with E-state index in [4.69, 9.17) is 4.74 Å². The molecular weight excluding hydrogens is 226 g/mol. The highest BCUT2D eigenvalue weighted by Gasteiger charge is 2.21. The summed E-state index contributed by atoms with van der Waals surface area (Å²) in [6.45, 7) is 3.67. The Labute approximate surface area is 99.6 Å². The molecule has 1 aromatic carbocycles. The van der Waals surface area contributed by atoms with E-state index >= 15 is 0 Å². The van der Waals surface area contributed by atoms with Crippen LogP contribution in [0.1, 0.15) is 37.0 Å². The number of rotatable bonds is 5. The van der Waals surface area contributed by atoms with Gasteiger partial charge in [0.15, 0.2) is 17.4 Å². The van der Waals surface area contributed by atoms with Crippen LogP contribution in [-0.4, -0.2) is 18.5 Å². The van der Waals surface area contributed by atoms with E-state index in [-0.39, 0.29) is 12.0 Å². The molecule has 0 spiro atoms. The van der Waals surface area contributed by atoms with Gasteiger partial charge in [-0.3, -0.25) is 4.79 Å². The van der Waals surface area contributed by atoms with Crippen molar-refractivity contribution in [1.82, 2.24) is 0 Å². The molecule has 94 valence electrons. The van der Waals surface area contributed by atoms with Crippen molar-refractivity contribution in [3.05, 3.63) is 35.4 Å². The summed E-state index contributed by atoms with van der Waals surface area (Å²) >= 11 is 0. The normalized spacial score (nSPS) is 11.6. The third-order valence-corrected chi connectivity index (χ3v) is 2.76. The Kier molecular flexibility index (Phi) is 4.34. The van der Waals surface area contributed by atoms with Crippen LogP contribution >= 0.6 is 0 Å². The van der Waals surface area contributed by atoms with Crippen LogP contribution in [0.25, 0.3) is 0 Å². The van der Waals surface area contributed by atoms with E-state index in [0.717, 1.165) is 6.07 Å². The summed E-state index contributed by atoms with van der Waals surface area (Å²) in [7, 11) is 1.55. The quantitative estimate of drug-likeness (QED) is 0.740. The Bertz CT molecular complexity index is 414. The summed E-state index contributed by atoms with van der Waals surface area (Å²) in [5, 5.41) is 0. The molecule has 0 N–H and O–H groups in total. The molecule has 1 rings (SSSR count). The van der Waals surface area contributed by atoms with Crippen LogP contribution in [0.5, 0.6) is 0 Å². The van der Waals surface area contributed by atoms with E-state index in [9.17, 15) is 13.6 Å². The number of carbonyl (C=O) groups is 1. The van der Waals surface area contributed by atoms with Gasteiger partial charge in [0.05, 0.1) is 11.2 Å².